The summed E-state index contributed by atoms with van der Waals surface area (Å²) in [6.07, 6.45) is 1.20. The third kappa shape index (κ3) is 4.66. The average molecular weight is 304 g/mol. The van der Waals surface area contributed by atoms with Gasteiger partial charge >= 0.3 is 0 Å². The highest BCUT2D eigenvalue weighted by molar-refractivity contribution is 9.10. The monoisotopic (exact) mass is 303 g/mol. The van der Waals surface area contributed by atoms with Crippen molar-refractivity contribution in [2.75, 3.05) is 30.5 Å². The molecule has 0 aliphatic carbocycles. The molecule has 0 unspecified atom stereocenters. The van der Waals surface area contributed by atoms with Crippen molar-refractivity contribution < 1.29 is 4.74 Å². The van der Waals surface area contributed by atoms with Gasteiger partial charge in [0.1, 0.15) is 5.75 Å². The third-order valence-corrected chi connectivity index (χ3v) is 3.76. The van der Waals surface area contributed by atoms with E-state index in [4.69, 9.17) is 4.74 Å². The summed E-state index contributed by atoms with van der Waals surface area (Å²) < 4.78 is 6.17. The Kier molecular flexibility index (Phi) is 6.73. The maximum Gasteiger partial charge on any atom is 0.133 e. The lowest BCUT2D eigenvalue weighted by Crippen LogP contribution is -2.02. The summed E-state index contributed by atoms with van der Waals surface area (Å²) >= 11 is 5.46. The number of rotatable bonds is 7. The Morgan fingerprint density at radius 3 is 2.88 bits per heavy atom. The third-order valence-electron chi connectivity index (χ3n) is 2.15. The highest BCUT2D eigenvalue weighted by Crippen LogP contribution is 2.27. The minimum atomic E-state index is 0.868. The molecule has 0 aliphatic heterocycles. The Morgan fingerprint density at radius 2 is 2.25 bits per heavy atom. The normalized spacial score (nSPS) is 10.2. The topological polar surface area (TPSA) is 21.3 Å². The molecule has 0 atom stereocenters. The lowest BCUT2D eigenvalue weighted by molar-refractivity contribution is 0.412. The van der Waals surface area contributed by atoms with Crippen molar-refractivity contribution in [3.05, 3.63) is 22.7 Å². The fourth-order valence-electron chi connectivity index (χ4n) is 1.33. The van der Waals surface area contributed by atoms with Gasteiger partial charge in [0.05, 0.1) is 11.6 Å². The van der Waals surface area contributed by atoms with Gasteiger partial charge in [0, 0.05) is 12.2 Å². The maximum absolute atomic E-state index is 5.18. The van der Waals surface area contributed by atoms with Crippen LogP contribution >= 0.6 is 27.7 Å². The van der Waals surface area contributed by atoms with E-state index >= 15 is 0 Å². The molecular formula is C12H18BrNOS. The van der Waals surface area contributed by atoms with Gasteiger partial charge in [0.25, 0.3) is 0 Å². The van der Waals surface area contributed by atoms with E-state index in [0.29, 0.717) is 0 Å². The van der Waals surface area contributed by atoms with E-state index in [1.165, 1.54) is 17.9 Å². The van der Waals surface area contributed by atoms with Crippen molar-refractivity contribution in [2.45, 2.75) is 13.3 Å². The molecule has 0 saturated heterocycles. The molecule has 0 bridgehead atoms. The van der Waals surface area contributed by atoms with Gasteiger partial charge in [-0.05, 0) is 52.1 Å². The number of hydrogen-bond donors (Lipinski definition) is 1. The first-order valence-corrected chi connectivity index (χ1v) is 7.38. The van der Waals surface area contributed by atoms with Gasteiger partial charge in [-0.25, -0.2) is 0 Å². The van der Waals surface area contributed by atoms with E-state index in [1.54, 1.807) is 7.11 Å². The summed E-state index contributed by atoms with van der Waals surface area (Å²) in [5.41, 5.74) is 1.13. The van der Waals surface area contributed by atoms with Crippen molar-refractivity contribution in [1.29, 1.82) is 0 Å². The van der Waals surface area contributed by atoms with Crippen molar-refractivity contribution in [3.8, 4) is 5.75 Å². The van der Waals surface area contributed by atoms with Gasteiger partial charge in [-0.1, -0.05) is 6.92 Å². The first-order chi connectivity index (χ1) is 7.77. The van der Waals surface area contributed by atoms with Gasteiger partial charge < -0.3 is 10.1 Å². The van der Waals surface area contributed by atoms with Gasteiger partial charge in [-0.3, -0.25) is 0 Å². The fourth-order valence-corrected chi connectivity index (χ4v) is 2.51. The molecule has 1 N–H and O–H groups in total. The second kappa shape index (κ2) is 7.85. The van der Waals surface area contributed by atoms with Crippen LogP contribution in [0.4, 0.5) is 5.69 Å². The first kappa shape index (κ1) is 13.7. The van der Waals surface area contributed by atoms with Gasteiger partial charge in [0.2, 0.25) is 0 Å². The highest BCUT2D eigenvalue weighted by Gasteiger charge is 2.00. The number of thioether (sulfide) groups is 1. The molecule has 90 valence electrons. The van der Waals surface area contributed by atoms with Crippen LogP contribution in [0.3, 0.4) is 0 Å². The van der Waals surface area contributed by atoms with Crippen LogP contribution in [0.15, 0.2) is 22.7 Å². The summed E-state index contributed by atoms with van der Waals surface area (Å²) in [7, 11) is 1.68. The Morgan fingerprint density at radius 1 is 1.44 bits per heavy atom. The molecule has 16 heavy (non-hydrogen) atoms. The van der Waals surface area contributed by atoms with E-state index in [1.807, 2.05) is 30.0 Å². The number of methoxy groups -OCH3 is 1. The summed E-state index contributed by atoms with van der Waals surface area (Å²) in [5.74, 6) is 3.29. The van der Waals surface area contributed by atoms with Crippen LogP contribution < -0.4 is 10.1 Å². The zero-order chi connectivity index (χ0) is 11.8. The van der Waals surface area contributed by atoms with Crippen molar-refractivity contribution in [2.24, 2.45) is 0 Å². The molecule has 0 spiro atoms. The molecule has 0 fully saturated rings. The molecule has 0 aliphatic rings. The molecule has 1 aromatic rings. The molecule has 2 nitrogen and oxygen atoms in total. The number of halogens is 1. The summed E-state index contributed by atoms with van der Waals surface area (Å²) in [6.45, 7) is 3.21. The van der Waals surface area contributed by atoms with Crippen LogP contribution in [0.5, 0.6) is 5.75 Å². The van der Waals surface area contributed by atoms with Crippen molar-refractivity contribution >= 4 is 33.4 Å². The van der Waals surface area contributed by atoms with Crippen LogP contribution in [0.1, 0.15) is 13.3 Å². The first-order valence-electron chi connectivity index (χ1n) is 5.43. The molecule has 0 aromatic heterocycles. The molecule has 0 heterocycles. The highest BCUT2D eigenvalue weighted by atomic mass is 79.9. The number of ether oxygens (including phenoxy) is 1. The van der Waals surface area contributed by atoms with Crippen LogP contribution in [-0.4, -0.2) is 25.2 Å². The molecule has 4 heteroatoms. The van der Waals surface area contributed by atoms with Crippen molar-refractivity contribution in [3.63, 3.8) is 0 Å². The van der Waals surface area contributed by atoms with Crippen LogP contribution in [0, 0.1) is 0 Å². The molecule has 0 radical (unpaired) electrons. The average Bonchev–Trinajstić information content (AvgIpc) is 2.29. The van der Waals surface area contributed by atoms with E-state index in [9.17, 15) is 0 Å². The van der Waals surface area contributed by atoms with Crippen molar-refractivity contribution in [1.82, 2.24) is 0 Å². The Labute approximate surface area is 110 Å². The zero-order valence-electron chi connectivity index (χ0n) is 9.75. The maximum atomic E-state index is 5.18. The lowest BCUT2D eigenvalue weighted by atomic mass is 10.3. The molecule has 0 amide bonds. The zero-order valence-corrected chi connectivity index (χ0v) is 12.2. The fraction of sp³-hybridized carbons (Fsp3) is 0.500. The quantitative estimate of drug-likeness (QED) is 0.769. The predicted molar refractivity (Wildman–Crippen MR) is 76.8 cm³/mol. The summed E-state index contributed by atoms with van der Waals surface area (Å²) in [5, 5.41) is 3.40. The van der Waals surface area contributed by atoms with E-state index in [0.717, 1.165) is 22.5 Å². The number of nitrogens with one attached hydrogen (secondary N) is 1. The smallest absolute Gasteiger partial charge is 0.133 e. The molecule has 0 saturated carbocycles. The van der Waals surface area contributed by atoms with Gasteiger partial charge in [-0.2, -0.15) is 11.8 Å². The van der Waals surface area contributed by atoms with Gasteiger partial charge in [0.15, 0.2) is 0 Å². The van der Waals surface area contributed by atoms with Crippen LogP contribution in [0.2, 0.25) is 0 Å². The van der Waals surface area contributed by atoms with Crippen LogP contribution in [-0.2, 0) is 0 Å². The predicted octanol–water partition coefficient (Wildman–Crippen LogP) is 4.01. The number of hydrogen-bond acceptors (Lipinski definition) is 3. The number of benzene rings is 1. The Hall–Kier alpha value is -0.350. The lowest BCUT2D eigenvalue weighted by Gasteiger charge is -2.08. The summed E-state index contributed by atoms with van der Waals surface area (Å²) in [6, 6.07) is 6.05. The molecular weight excluding hydrogens is 286 g/mol. The second-order valence-corrected chi connectivity index (χ2v) is 5.57. The summed E-state index contributed by atoms with van der Waals surface area (Å²) in [4.78, 5) is 0. The SMILES string of the molecule is CCSCCCNc1ccc(OC)c(Br)c1. The second-order valence-electron chi connectivity index (χ2n) is 3.33. The van der Waals surface area contributed by atoms with E-state index in [2.05, 4.69) is 28.2 Å². The van der Waals surface area contributed by atoms with E-state index in [-0.39, 0.29) is 0 Å². The Balaban J connectivity index is 2.34. The molecule has 1 aromatic carbocycles. The minimum absolute atomic E-state index is 0.868. The van der Waals surface area contributed by atoms with E-state index < -0.39 is 0 Å². The Bertz CT molecular complexity index is 320. The number of anilines is 1. The molecule has 1 rings (SSSR count). The standard InChI is InChI=1S/C12H18BrNOS/c1-3-16-8-4-7-14-10-5-6-12(15-2)11(13)9-10/h5-6,9,14H,3-4,7-8H2,1-2H3. The minimum Gasteiger partial charge on any atom is -0.496 e. The van der Waals surface area contributed by atoms with Crippen LogP contribution in [0.25, 0.3) is 0 Å². The largest absolute Gasteiger partial charge is 0.496 e. The van der Waals surface area contributed by atoms with Gasteiger partial charge in [-0.15, -0.1) is 0 Å².